The molecule has 0 radical (unpaired) electrons. The number of rotatable bonds is 3. The lowest BCUT2D eigenvalue weighted by molar-refractivity contribution is 1.17. The van der Waals surface area contributed by atoms with E-state index in [0.717, 1.165) is 16.7 Å². The van der Waals surface area contributed by atoms with Crippen molar-refractivity contribution in [2.75, 3.05) is 11.1 Å². The second-order valence-electron chi connectivity index (χ2n) is 3.02. The highest BCUT2D eigenvalue weighted by Gasteiger charge is 2.00. The van der Waals surface area contributed by atoms with Gasteiger partial charge in [0.1, 0.15) is 5.82 Å². The van der Waals surface area contributed by atoms with Crippen molar-refractivity contribution in [2.24, 2.45) is 0 Å². The van der Waals surface area contributed by atoms with Crippen molar-refractivity contribution in [1.82, 2.24) is 4.98 Å². The topological polar surface area (TPSA) is 50.9 Å². The van der Waals surface area contributed by atoms with Crippen LogP contribution < -0.4 is 11.1 Å². The highest BCUT2D eigenvalue weighted by atomic mass is 79.9. The van der Waals surface area contributed by atoms with Gasteiger partial charge in [-0.05, 0) is 39.5 Å². The first-order chi connectivity index (χ1) is 7.25. The fourth-order valence-electron chi connectivity index (χ4n) is 1.14. The summed E-state index contributed by atoms with van der Waals surface area (Å²) in [5, 5.41) is 5.34. The van der Waals surface area contributed by atoms with Crippen LogP contribution in [0.2, 0.25) is 0 Å². The zero-order valence-electron chi connectivity index (χ0n) is 7.90. The Hall–Kier alpha value is -1.07. The summed E-state index contributed by atoms with van der Waals surface area (Å²) in [6, 6.07) is 5.75. The van der Waals surface area contributed by atoms with E-state index in [1.54, 1.807) is 23.6 Å². The van der Waals surface area contributed by atoms with E-state index in [-0.39, 0.29) is 0 Å². The van der Waals surface area contributed by atoms with Gasteiger partial charge in [0.2, 0.25) is 0 Å². The molecule has 0 bridgehead atoms. The first-order valence-electron chi connectivity index (χ1n) is 4.43. The van der Waals surface area contributed by atoms with Crippen LogP contribution in [0, 0.1) is 0 Å². The van der Waals surface area contributed by atoms with E-state index in [0.29, 0.717) is 5.82 Å². The Morgan fingerprint density at radius 1 is 1.40 bits per heavy atom. The first kappa shape index (κ1) is 10.4. The zero-order valence-corrected chi connectivity index (χ0v) is 10.3. The summed E-state index contributed by atoms with van der Waals surface area (Å²) in [4.78, 5) is 5.28. The predicted octanol–water partition coefficient (Wildman–Crippen LogP) is 3.10. The summed E-state index contributed by atoms with van der Waals surface area (Å²) >= 11 is 5.20. The lowest BCUT2D eigenvalue weighted by Gasteiger charge is -2.04. The Morgan fingerprint density at radius 3 is 2.87 bits per heavy atom. The Kier molecular flexibility index (Phi) is 3.23. The van der Waals surface area contributed by atoms with Gasteiger partial charge < -0.3 is 11.1 Å². The van der Waals surface area contributed by atoms with E-state index < -0.39 is 0 Å². The molecular weight excluding hydrogens is 274 g/mol. The lowest BCUT2D eigenvalue weighted by Crippen LogP contribution is -1.99. The van der Waals surface area contributed by atoms with Crippen LogP contribution in [0.4, 0.5) is 11.5 Å². The van der Waals surface area contributed by atoms with Gasteiger partial charge in [-0.15, -0.1) is 11.3 Å². The molecule has 2 rings (SSSR count). The molecule has 0 amide bonds. The molecule has 0 saturated carbocycles. The van der Waals surface area contributed by atoms with Crippen LogP contribution in [0.3, 0.4) is 0 Å². The molecule has 0 aliphatic heterocycles. The number of hydrogen-bond acceptors (Lipinski definition) is 4. The zero-order chi connectivity index (χ0) is 10.7. The van der Waals surface area contributed by atoms with Crippen LogP contribution in [0.5, 0.6) is 0 Å². The number of pyridine rings is 1. The van der Waals surface area contributed by atoms with Gasteiger partial charge in [-0.25, -0.2) is 4.98 Å². The third-order valence-corrected chi connectivity index (χ3v) is 3.86. The van der Waals surface area contributed by atoms with Crippen molar-refractivity contribution in [3.05, 3.63) is 39.1 Å². The van der Waals surface area contributed by atoms with Crippen LogP contribution in [0.25, 0.3) is 0 Å². The summed E-state index contributed by atoms with van der Waals surface area (Å²) in [6.07, 6.45) is 1.73. The minimum absolute atomic E-state index is 0.540. The van der Waals surface area contributed by atoms with Gasteiger partial charge in [0.05, 0.1) is 18.4 Å². The highest BCUT2D eigenvalue weighted by Crippen LogP contribution is 2.23. The smallest absolute Gasteiger partial charge is 0.123 e. The molecule has 0 atom stereocenters. The largest absolute Gasteiger partial charge is 0.384 e. The summed E-state index contributed by atoms with van der Waals surface area (Å²) in [7, 11) is 0. The van der Waals surface area contributed by atoms with E-state index in [2.05, 4.69) is 31.6 Å². The molecule has 3 N–H and O–H groups in total. The molecular formula is C10H10BrN3S. The molecule has 3 nitrogen and oxygen atoms in total. The molecule has 78 valence electrons. The van der Waals surface area contributed by atoms with Gasteiger partial charge >= 0.3 is 0 Å². The molecule has 0 aromatic carbocycles. The van der Waals surface area contributed by atoms with Crippen LogP contribution >= 0.6 is 27.3 Å². The van der Waals surface area contributed by atoms with E-state index >= 15 is 0 Å². The van der Waals surface area contributed by atoms with Crippen molar-refractivity contribution in [1.29, 1.82) is 0 Å². The molecule has 0 aliphatic carbocycles. The first-order valence-corrected chi connectivity index (χ1v) is 6.10. The number of nitrogen functional groups attached to an aromatic ring is 1. The predicted molar refractivity (Wildman–Crippen MR) is 68.0 cm³/mol. The van der Waals surface area contributed by atoms with E-state index in [4.69, 9.17) is 5.73 Å². The Labute approximate surface area is 100 Å². The lowest BCUT2D eigenvalue weighted by atomic mass is 10.4. The maximum absolute atomic E-state index is 5.50. The van der Waals surface area contributed by atoms with Crippen molar-refractivity contribution in [2.45, 2.75) is 6.54 Å². The normalized spacial score (nSPS) is 10.2. The van der Waals surface area contributed by atoms with E-state index in [1.807, 2.05) is 12.1 Å². The number of nitrogens with two attached hydrogens (primary N) is 1. The molecule has 0 saturated heterocycles. The molecule has 15 heavy (non-hydrogen) atoms. The van der Waals surface area contributed by atoms with Gasteiger partial charge in [-0.2, -0.15) is 0 Å². The molecule has 0 spiro atoms. The molecule has 2 heterocycles. The van der Waals surface area contributed by atoms with Crippen LogP contribution in [-0.4, -0.2) is 4.98 Å². The van der Waals surface area contributed by atoms with E-state index in [9.17, 15) is 0 Å². The summed E-state index contributed by atoms with van der Waals surface area (Å²) in [5.74, 6) is 0.540. The number of anilines is 2. The third-order valence-electron chi connectivity index (χ3n) is 1.93. The monoisotopic (exact) mass is 283 g/mol. The summed E-state index contributed by atoms with van der Waals surface area (Å²) < 4.78 is 1.14. The third kappa shape index (κ3) is 2.70. The minimum atomic E-state index is 0.540. The van der Waals surface area contributed by atoms with Crippen LogP contribution in [0.1, 0.15) is 4.88 Å². The van der Waals surface area contributed by atoms with Crippen molar-refractivity contribution >= 4 is 38.8 Å². The minimum Gasteiger partial charge on any atom is -0.384 e. The van der Waals surface area contributed by atoms with Crippen LogP contribution in [0.15, 0.2) is 34.2 Å². The van der Waals surface area contributed by atoms with Gasteiger partial charge in [0, 0.05) is 9.35 Å². The van der Waals surface area contributed by atoms with Gasteiger partial charge in [-0.1, -0.05) is 0 Å². The number of hydrogen-bond donors (Lipinski definition) is 2. The molecule has 2 aromatic heterocycles. The molecule has 5 heteroatoms. The maximum Gasteiger partial charge on any atom is 0.123 e. The molecule has 2 aromatic rings. The average molecular weight is 284 g/mol. The summed E-state index contributed by atoms with van der Waals surface area (Å²) in [5.41, 5.74) is 6.47. The fourth-order valence-corrected chi connectivity index (χ4v) is 2.58. The Balaban J connectivity index is 1.99. The highest BCUT2D eigenvalue weighted by molar-refractivity contribution is 9.10. The fraction of sp³-hybridized carbons (Fsp3) is 0.100. The molecule has 0 unspecified atom stereocenters. The van der Waals surface area contributed by atoms with Gasteiger partial charge in [0.25, 0.3) is 0 Å². The van der Waals surface area contributed by atoms with Gasteiger partial charge in [-0.3, -0.25) is 0 Å². The Bertz CT molecular complexity index is 438. The second-order valence-corrected chi connectivity index (χ2v) is 4.87. The van der Waals surface area contributed by atoms with Gasteiger partial charge in [0.15, 0.2) is 0 Å². The van der Waals surface area contributed by atoms with Crippen LogP contribution in [-0.2, 0) is 6.54 Å². The van der Waals surface area contributed by atoms with E-state index in [1.165, 1.54) is 4.88 Å². The number of nitrogens with zero attached hydrogens (tertiary/aromatic N) is 1. The molecule has 0 fully saturated rings. The van der Waals surface area contributed by atoms with Crippen molar-refractivity contribution < 1.29 is 0 Å². The summed E-state index contributed by atoms with van der Waals surface area (Å²) in [6.45, 7) is 0.795. The number of nitrogens with one attached hydrogen (secondary N) is 1. The molecule has 0 aliphatic rings. The number of thiophene rings is 1. The average Bonchev–Trinajstić information content (AvgIpc) is 2.63. The van der Waals surface area contributed by atoms with Crippen molar-refractivity contribution in [3.63, 3.8) is 0 Å². The SMILES string of the molecule is Nc1ccc(NCc2sccc2Br)cn1. The van der Waals surface area contributed by atoms with Crippen molar-refractivity contribution in [3.8, 4) is 0 Å². The number of halogens is 1. The standard InChI is InChI=1S/C10H10BrN3S/c11-8-3-4-15-9(8)6-13-7-1-2-10(12)14-5-7/h1-5,13H,6H2,(H2,12,14). The second kappa shape index (κ2) is 4.63. The Morgan fingerprint density at radius 2 is 2.27 bits per heavy atom. The number of aromatic nitrogens is 1. The quantitative estimate of drug-likeness (QED) is 0.910. The maximum atomic E-state index is 5.50.